The zero-order chi connectivity index (χ0) is 28.0. The van der Waals surface area contributed by atoms with E-state index in [1.165, 1.54) is 17.2 Å². The zero-order valence-corrected chi connectivity index (χ0v) is 23.5. The van der Waals surface area contributed by atoms with Crippen LogP contribution >= 0.6 is 0 Å². The molecule has 1 atom stereocenters. The van der Waals surface area contributed by atoms with E-state index in [4.69, 9.17) is 4.98 Å². The molecule has 8 heteroatoms. The van der Waals surface area contributed by atoms with Gasteiger partial charge in [0.1, 0.15) is 5.82 Å². The van der Waals surface area contributed by atoms with Gasteiger partial charge in [-0.3, -0.25) is 14.5 Å². The summed E-state index contributed by atoms with van der Waals surface area (Å²) in [7, 11) is 0. The molecule has 1 amide bonds. The van der Waals surface area contributed by atoms with Gasteiger partial charge in [0, 0.05) is 42.8 Å². The lowest BCUT2D eigenvalue weighted by molar-refractivity contribution is -0.126. The SMILES string of the molecule is C=CC(=O)N1CCN(c2nc(=O)n(-c3ccccc3C(C)C)c3c2CCC(c2c(C)ccc4[nH]ncc24)C3)CC1. The first kappa shape index (κ1) is 26.0. The molecule has 0 spiro atoms. The second kappa shape index (κ2) is 10.4. The topological polar surface area (TPSA) is 87.1 Å². The molecule has 6 rings (SSSR count). The number of aromatic amines is 1. The number of fused-ring (bicyclic) bond motifs is 2. The number of aromatic nitrogens is 4. The minimum atomic E-state index is -0.245. The van der Waals surface area contributed by atoms with Crippen LogP contribution in [0.5, 0.6) is 0 Å². The highest BCUT2D eigenvalue weighted by atomic mass is 16.2. The molecule has 2 aliphatic rings. The number of para-hydroxylation sites is 1. The minimum Gasteiger partial charge on any atom is -0.353 e. The fourth-order valence-corrected chi connectivity index (χ4v) is 6.61. The maximum absolute atomic E-state index is 14.0. The van der Waals surface area contributed by atoms with E-state index in [0.29, 0.717) is 26.2 Å². The first-order valence-electron chi connectivity index (χ1n) is 14.2. The van der Waals surface area contributed by atoms with Gasteiger partial charge in [-0.1, -0.05) is 44.7 Å². The summed E-state index contributed by atoms with van der Waals surface area (Å²) in [5, 5.41) is 8.60. The van der Waals surface area contributed by atoms with Gasteiger partial charge in [0.25, 0.3) is 0 Å². The summed E-state index contributed by atoms with van der Waals surface area (Å²) in [6, 6.07) is 12.4. The van der Waals surface area contributed by atoms with E-state index >= 15 is 0 Å². The second-order valence-corrected chi connectivity index (χ2v) is 11.3. The molecule has 40 heavy (non-hydrogen) atoms. The van der Waals surface area contributed by atoms with E-state index in [9.17, 15) is 9.59 Å². The summed E-state index contributed by atoms with van der Waals surface area (Å²) in [4.78, 5) is 34.9. The van der Waals surface area contributed by atoms with E-state index in [1.54, 1.807) is 4.90 Å². The molecule has 1 N–H and O–H groups in total. The molecule has 1 fully saturated rings. The molecule has 4 aromatic rings. The van der Waals surface area contributed by atoms with Crippen molar-refractivity contribution in [3.05, 3.63) is 93.7 Å². The van der Waals surface area contributed by atoms with Crippen LogP contribution < -0.4 is 10.6 Å². The smallest absolute Gasteiger partial charge is 0.353 e. The Hall–Kier alpha value is -4.20. The molecule has 1 saturated heterocycles. The Kier molecular flexibility index (Phi) is 6.78. The number of amides is 1. The number of benzene rings is 2. The number of carbonyl (C=O) groups excluding carboxylic acids is 1. The van der Waals surface area contributed by atoms with Crippen LogP contribution in [-0.2, 0) is 17.6 Å². The molecule has 1 unspecified atom stereocenters. The number of anilines is 1. The number of carbonyl (C=O) groups is 1. The van der Waals surface area contributed by atoms with Gasteiger partial charge in [0.05, 0.1) is 17.4 Å². The highest BCUT2D eigenvalue weighted by Crippen LogP contribution is 2.40. The predicted octanol–water partition coefficient (Wildman–Crippen LogP) is 4.65. The van der Waals surface area contributed by atoms with Crippen molar-refractivity contribution in [1.29, 1.82) is 0 Å². The molecule has 1 aliphatic heterocycles. The number of nitrogens with zero attached hydrogens (tertiary/aromatic N) is 5. The molecule has 2 aromatic carbocycles. The average molecular weight is 537 g/mol. The lowest BCUT2D eigenvalue weighted by Gasteiger charge is -2.38. The third-order valence-corrected chi connectivity index (χ3v) is 8.62. The second-order valence-electron chi connectivity index (χ2n) is 11.3. The van der Waals surface area contributed by atoms with Crippen LogP contribution in [0.3, 0.4) is 0 Å². The Morgan fingerprint density at radius 3 is 2.65 bits per heavy atom. The number of nitrogens with one attached hydrogen (secondary N) is 1. The largest absolute Gasteiger partial charge is 0.354 e. The van der Waals surface area contributed by atoms with E-state index in [2.05, 4.69) is 60.6 Å². The number of piperazine rings is 1. The Bertz CT molecular complexity index is 1660. The van der Waals surface area contributed by atoms with Crippen LogP contribution in [0.1, 0.15) is 60.1 Å². The van der Waals surface area contributed by atoms with Gasteiger partial charge < -0.3 is 9.80 Å². The third-order valence-electron chi connectivity index (χ3n) is 8.62. The molecule has 0 bridgehead atoms. The lowest BCUT2D eigenvalue weighted by Crippen LogP contribution is -2.49. The van der Waals surface area contributed by atoms with Crippen molar-refractivity contribution in [3.8, 4) is 5.69 Å². The molecule has 0 radical (unpaired) electrons. The van der Waals surface area contributed by atoms with Crippen LogP contribution in [0.25, 0.3) is 16.6 Å². The number of rotatable bonds is 5. The lowest BCUT2D eigenvalue weighted by atomic mass is 9.79. The minimum absolute atomic E-state index is 0.0537. The van der Waals surface area contributed by atoms with Crippen LogP contribution in [0.15, 0.2) is 60.0 Å². The van der Waals surface area contributed by atoms with E-state index in [1.807, 2.05) is 29.0 Å². The molecule has 3 heterocycles. The van der Waals surface area contributed by atoms with Crippen molar-refractivity contribution in [2.75, 3.05) is 31.1 Å². The fourth-order valence-electron chi connectivity index (χ4n) is 6.61. The van der Waals surface area contributed by atoms with Crippen LogP contribution in [0, 0.1) is 6.92 Å². The van der Waals surface area contributed by atoms with Gasteiger partial charge in [-0.05, 0) is 72.9 Å². The fraction of sp³-hybridized carbons (Fsp3) is 0.375. The number of aryl methyl sites for hydroxylation is 1. The highest BCUT2D eigenvalue weighted by molar-refractivity contribution is 5.87. The van der Waals surface area contributed by atoms with E-state index in [-0.39, 0.29) is 23.4 Å². The van der Waals surface area contributed by atoms with Crippen molar-refractivity contribution >= 4 is 22.6 Å². The zero-order valence-electron chi connectivity index (χ0n) is 23.5. The number of hydrogen-bond donors (Lipinski definition) is 1. The number of hydrogen-bond acceptors (Lipinski definition) is 5. The molecule has 1 aliphatic carbocycles. The van der Waals surface area contributed by atoms with Crippen LogP contribution in [-0.4, -0.2) is 56.7 Å². The predicted molar refractivity (Wildman–Crippen MR) is 159 cm³/mol. The monoisotopic (exact) mass is 536 g/mol. The van der Waals surface area contributed by atoms with E-state index in [0.717, 1.165) is 58.5 Å². The van der Waals surface area contributed by atoms with Gasteiger partial charge >= 0.3 is 5.69 Å². The molecule has 0 saturated carbocycles. The normalized spacial score (nSPS) is 17.4. The third kappa shape index (κ3) is 4.41. The Balaban J connectivity index is 1.49. The number of H-pyrrole nitrogens is 1. The maximum atomic E-state index is 14.0. The quantitative estimate of drug-likeness (QED) is 0.375. The van der Waals surface area contributed by atoms with Crippen molar-refractivity contribution < 1.29 is 4.79 Å². The molecule has 8 nitrogen and oxygen atoms in total. The van der Waals surface area contributed by atoms with Gasteiger partial charge in [-0.15, -0.1) is 0 Å². The van der Waals surface area contributed by atoms with Gasteiger partial charge in [0.15, 0.2) is 0 Å². The molecular formula is C32H36N6O2. The summed E-state index contributed by atoms with van der Waals surface area (Å²) < 4.78 is 1.88. The standard InChI is InChI=1S/C32H36N6O2/c1-5-29(39)36-14-16-37(17-15-36)31-24-12-11-22(30-21(4)10-13-26-25(30)19-33-35-26)18-28(24)38(32(40)34-31)27-9-7-6-8-23(27)20(2)3/h5-10,13,19-20,22H,1,11-12,14-18H2,2-4H3,(H,33,35). The molecular weight excluding hydrogens is 500 g/mol. The summed E-state index contributed by atoms with van der Waals surface area (Å²) in [6.07, 6.45) is 5.83. The Morgan fingerprint density at radius 2 is 1.90 bits per heavy atom. The average Bonchev–Trinajstić information content (AvgIpc) is 3.45. The van der Waals surface area contributed by atoms with Gasteiger partial charge in [0.2, 0.25) is 5.91 Å². The van der Waals surface area contributed by atoms with Crippen molar-refractivity contribution in [1.82, 2.24) is 24.6 Å². The first-order valence-corrected chi connectivity index (χ1v) is 14.2. The first-order chi connectivity index (χ1) is 19.4. The van der Waals surface area contributed by atoms with Crippen molar-refractivity contribution in [2.24, 2.45) is 0 Å². The van der Waals surface area contributed by atoms with Crippen LogP contribution in [0.2, 0.25) is 0 Å². The van der Waals surface area contributed by atoms with Gasteiger partial charge in [-0.2, -0.15) is 10.1 Å². The highest BCUT2D eigenvalue weighted by Gasteiger charge is 2.32. The van der Waals surface area contributed by atoms with E-state index < -0.39 is 0 Å². The molecule has 206 valence electrons. The Labute approximate surface area is 234 Å². The summed E-state index contributed by atoms with van der Waals surface area (Å²) in [6.45, 7) is 12.6. The summed E-state index contributed by atoms with van der Waals surface area (Å²) in [5.74, 6) is 1.24. The van der Waals surface area contributed by atoms with Gasteiger partial charge in [-0.25, -0.2) is 4.79 Å². The summed E-state index contributed by atoms with van der Waals surface area (Å²) in [5.41, 5.74) is 7.59. The van der Waals surface area contributed by atoms with Crippen molar-refractivity contribution in [2.45, 2.75) is 51.9 Å². The Morgan fingerprint density at radius 1 is 1.12 bits per heavy atom. The van der Waals surface area contributed by atoms with Crippen molar-refractivity contribution in [3.63, 3.8) is 0 Å². The summed E-state index contributed by atoms with van der Waals surface area (Å²) >= 11 is 0. The van der Waals surface area contributed by atoms with Crippen LogP contribution in [0.4, 0.5) is 5.82 Å². The maximum Gasteiger partial charge on any atom is 0.354 e. The molecule has 2 aromatic heterocycles.